The standard InChI is InChI=1S/C14H20N4O3/c1-14(7-2-8-15-9-14)10-16-13(19)17-11-3-5-12(6-4-11)18(20)21/h3-6,15H,2,7-10H2,1H3,(H2,16,17,19). The molecule has 0 spiro atoms. The first-order chi connectivity index (χ1) is 9.98. The molecule has 3 N–H and O–H groups in total. The molecule has 1 aliphatic rings. The average Bonchev–Trinajstić information content (AvgIpc) is 2.47. The Kier molecular flexibility index (Phi) is 4.74. The number of nitrogens with zero attached hydrogens (tertiary/aromatic N) is 1. The third kappa shape index (κ3) is 4.42. The van der Waals surface area contributed by atoms with Crippen molar-refractivity contribution in [2.24, 2.45) is 5.41 Å². The number of carbonyl (C=O) groups excluding carboxylic acids is 1. The number of urea groups is 1. The molecule has 0 aliphatic carbocycles. The fourth-order valence-electron chi connectivity index (χ4n) is 2.41. The Morgan fingerprint density at radius 1 is 1.43 bits per heavy atom. The fourth-order valence-corrected chi connectivity index (χ4v) is 2.41. The van der Waals surface area contributed by atoms with Gasteiger partial charge in [-0.25, -0.2) is 4.79 Å². The molecule has 1 unspecified atom stereocenters. The molecule has 0 saturated carbocycles. The molecule has 1 aromatic rings. The van der Waals surface area contributed by atoms with Crippen molar-refractivity contribution in [3.8, 4) is 0 Å². The summed E-state index contributed by atoms with van der Waals surface area (Å²) in [6.45, 7) is 4.67. The van der Waals surface area contributed by atoms with Crippen LogP contribution in [0.1, 0.15) is 19.8 Å². The number of nitro benzene ring substituents is 1. The minimum atomic E-state index is -0.471. The van der Waals surface area contributed by atoms with Crippen LogP contribution in [0.25, 0.3) is 0 Å². The predicted octanol–water partition coefficient (Wildman–Crippen LogP) is 2.11. The van der Waals surface area contributed by atoms with Gasteiger partial charge in [0.15, 0.2) is 0 Å². The molecule has 7 nitrogen and oxygen atoms in total. The summed E-state index contributed by atoms with van der Waals surface area (Å²) in [6, 6.07) is 5.46. The number of amides is 2. The number of hydrogen-bond acceptors (Lipinski definition) is 4. The first-order valence-corrected chi connectivity index (χ1v) is 6.99. The maximum absolute atomic E-state index is 11.8. The molecule has 2 amide bonds. The van der Waals surface area contributed by atoms with Crippen molar-refractivity contribution in [3.63, 3.8) is 0 Å². The summed E-state index contributed by atoms with van der Waals surface area (Å²) in [6.07, 6.45) is 2.19. The van der Waals surface area contributed by atoms with Crippen molar-refractivity contribution in [2.75, 3.05) is 25.0 Å². The smallest absolute Gasteiger partial charge is 0.319 e. The lowest BCUT2D eigenvalue weighted by Gasteiger charge is -2.34. The van der Waals surface area contributed by atoms with E-state index in [1.165, 1.54) is 24.3 Å². The second-order valence-corrected chi connectivity index (χ2v) is 5.70. The predicted molar refractivity (Wildman–Crippen MR) is 80.3 cm³/mol. The van der Waals surface area contributed by atoms with Crippen molar-refractivity contribution in [2.45, 2.75) is 19.8 Å². The van der Waals surface area contributed by atoms with E-state index in [2.05, 4.69) is 22.9 Å². The highest BCUT2D eigenvalue weighted by Gasteiger charge is 2.26. The molecular formula is C14H20N4O3. The van der Waals surface area contributed by atoms with Crippen LogP contribution in [-0.4, -0.2) is 30.6 Å². The highest BCUT2D eigenvalue weighted by molar-refractivity contribution is 5.89. The number of rotatable bonds is 4. The summed E-state index contributed by atoms with van der Waals surface area (Å²) >= 11 is 0. The van der Waals surface area contributed by atoms with Crippen LogP contribution in [0.3, 0.4) is 0 Å². The lowest BCUT2D eigenvalue weighted by atomic mass is 9.83. The summed E-state index contributed by atoms with van der Waals surface area (Å²) in [7, 11) is 0. The molecule has 1 aliphatic heterocycles. The van der Waals surface area contributed by atoms with Gasteiger partial charge in [0.05, 0.1) is 4.92 Å². The van der Waals surface area contributed by atoms with Gasteiger partial charge in [0, 0.05) is 30.9 Å². The van der Waals surface area contributed by atoms with Crippen molar-refractivity contribution >= 4 is 17.4 Å². The molecule has 1 fully saturated rings. The van der Waals surface area contributed by atoms with Gasteiger partial charge in [-0.3, -0.25) is 10.1 Å². The maximum atomic E-state index is 11.8. The van der Waals surface area contributed by atoms with Gasteiger partial charge >= 0.3 is 6.03 Å². The third-order valence-electron chi connectivity index (χ3n) is 3.70. The monoisotopic (exact) mass is 292 g/mol. The highest BCUT2D eigenvalue weighted by Crippen LogP contribution is 2.24. The van der Waals surface area contributed by atoms with Crippen LogP contribution < -0.4 is 16.0 Å². The van der Waals surface area contributed by atoms with E-state index in [4.69, 9.17) is 0 Å². The molecule has 1 aromatic carbocycles. The first-order valence-electron chi connectivity index (χ1n) is 6.99. The SMILES string of the molecule is CC1(CNC(=O)Nc2ccc([N+](=O)[O-])cc2)CCCNC1. The number of benzene rings is 1. The van der Waals surface area contributed by atoms with Crippen LogP contribution in [0.2, 0.25) is 0 Å². The highest BCUT2D eigenvalue weighted by atomic mass is 16.6. The van der Waals surface area contributed by atoms with Crippen molar-refractivity contribution in [1.82, 2.24) is 10.6 Å². The van der Waals surface area contributed by atoms with E-state index < -0.39 is 4.92 Å². The van der Waals surface area contributed by atoms with Crippen molar-refractivity contribution in [1.29, 1.82) is 0 Å². The lowest BCUT2D eigenvalue weighted by Crippen LogP contribution is -2.46. The number of carbonyl (C=O) groups is 1. The van der Waals surface area contributed by atoms with Crippen LogP contribution in [-0.2, 0) is 0 Å². The van der Waals surface area contributed by atoms with E-state index in [1.807, 2.05) is 0 Å². The quantitative estimate of drug-likeness (QED) is 0.585. The fraction of sp³-hybridized carbons (Fsp3) is 0.500. The van der Waals surface area contributed by atoms with Crippen LogP contribution >= 0.6 is 0 Å². The Balaban J connectivity index is 1.82. The summed E-state index contributed by atoms with van der Waals surface area (Å²) in [5, 5.41) is 19.4. The zero-order valence-electron chi connectivity index (χ0n) is 12.0. The largest absolute Gasteiger partial charge is 0.337 e. The van der Waals surface area contributed by atoms with E-state index in [0.29, 0.717) is 12.2 Å². The van der Waals surface area contributed by atoms with Crippen LogP contribution in [0.4, 0.5) is 16.2 Å². The Morgan fingerprint density at radius 3 is 2.71 bits per heavy atom. The van der Waals surface area contributed by atoms with E-state index >= 15 is 0 Å². The molecule has 1 heterocycles. The number of non-ortho nitro benzene ring substituents is 1. The molecule has 21 heavy (non-hydrogen) atoms. The van der Waals surface area contributed by atoms with Gasteiger partial charge in [0.25, 0.3) is 5.69 Å². The number of anilines is 1. The van der Waals surface area contributed by atoms with E-state index in [1.54, 1.807) is 0 Å². The van der Waals surface area contributed by atoms with Gasteiger partial charge in [-0.15, -0.1) is 0 Å². The van der Waals surface area contributed by atoms with Crippen LogP contribution in [0, 0.1) is 15.5 Å². The average molecular weight is 292 g/mol. The van der Waals surface area contributed by atoms with Crippen LogP contribution in [0.15, 0.2) is 24.3 Å². The van der Waals surface area contributed by atoms with E-state index in [-0.39, 0.29) is 17.1 Å². The molecule has 0 bridgehead atoms. The van der Waals surface area contributed by atoms with Gasteiger partial charge in [0.2, 0.25) is 0 Å². The van der Waals surface area contributed by atoms with Gasteiger partial charge in [-0.05, 0) is 36.9 Å². The molecular weight excluding hydrogens is 272 g/mol. The summed E-state index contributed by atoms with van der Waals surface area (Å²) in [5.74, 6) is 0. The molecule has 114 valence electrons. The Bertz CT molecular complexity index is 509. The summed E-state index contributed by atoms with van der Waals surface area (Å²) < 4.78 is 0. The lowest BCUT2D eigenvalue weighted by molar-refractivity contribution is -0.384. The third-order valence-corrected chi connectivity index (χ3v) is 3.70. The summed E-state index contributed by atoms with van der Waals surface area (Å²) in [5.41, 5.74) is 0.609. The van der Waals surface area contributed by atoms with Crippen molar-refractivity contribution < 1.29 is 9.72 Å². The topological polar surface area (TPSA) is 96.3 Å². The number of piperidine rings is 1. The molecule has 0 aromatic heterocycles. The molecule has 2 rings (SSSR count). The van der Waals surface area contributed by atoms with Crippen LogP contribution in [0.5, 0.6) is 0 Å². The molecule has 1 atom stereocenters. The van der Waals surface area contributed by atoms with Gasteiger partial charge in [-0.1, -0.05) is 6.92 Å². The van der Waals surface area contributed by atoms with E-state index in [9.17, 15) is 14.9 Å². The van der Waals surface area contributed by atoms with E-state index in [0.717, 1.165) is 25.9 Å². The minimum Gasteiger partial charge on any atom is -0.337 e. The van der Waals surface area contributed by atoms with Gasteiger partial charge < -0.3 is 16.0 Å². The maximum Gasteiger partial charge on any atom is 0.319 e. The summed E-state index contributed by atoms with van der Waals surface area (Å²) in [4.78, 5) is 21.9. The molecule has 7 heteroatoms. The molecule has 1 saturated heterocycles. The van der Waals surface area contributed by atoms with Gasteiger partial charge in [0.1, 0.15) is 0 Å². The van der Waals surface area contributed by atoms with Gasteiger partial charge in [-0.2, -0.15) is 0 Å². The zero-order valence-corrected chi connectivity index (χ0v) is 12.0. The Hall–Kier alpha value is -2.15. The zero-order chi connectivity index (χ0) is 15.3. The first kappa shape index (κ1) is 15.2. The Labute approximate surface area is 123 Å². The van der Waals surface area contributed by atoms with Crippen molar-refractivity contribution in [3.05, 3.63) is 34.4 Å². The number of nitro groups is 1. The number of nitrogens with one attached hydrogen (secondary N) is 3. The second kappa shape index (κ2) is 6.53. The minimum absolute atomic E-state index is 0.00162. The second-order valence-electron chi connectivity index (χ2n) is 5.70. The molecule has 0 radical (unpaired) electrons. The Morgan fingerprint density at radius 2 is 2.14 bits per heavy atom. The normalized spacial score (nSPS) is 21.6. The number of hydrogen-bond donors (Lipinski definition) is 3.